The lowest BCUT2D eigenvalue weighted by molar-refractivity contribution is -0.142. The maximum atomic E-state index is 13.1. The molecule has 0 saturated heterocycles. The van der Waals surface area contributed by atoms with Gasteiger partial charge in [-0.25, -0.2) is 9.18 Å². The monoisotopic (exact) mass is 254 g/mol. The second-order valence-electron chi connectivity index (χ2n) is 3.50. The number of hydrogen-bond acceptors (Lipinski definition) is 4. The second kappa shape index (κ2) is 6.74. The molecular formula is C13H15FO4. The highest BCUT2D eigenvalue weighted by Gasteiger charge is 2.16. The van der Waals surface area contributed by atoms with Crippen LogP contribution in [0.2, 0.25) is 0 Å². The van der Waals surface area contributed by atoms with Crippen LogP contribution in [0, 0.1) is 5.82 Å². The van der Waals surface area contributed by atoms with Crippen molar-refractivity contribution < 1.29 is 23.5 Å². The van der Waals surface area contributed by atoms with Crippen LogP contribution in [-0.2, 0) is 20.7 Å². The van der Waals surface area contributed by atoms with Gasteiger partial charge in [-0.3, -0.25) is 4.79 Å². The Morgan fingerprint density at radius 3 is 2.44 bits per heavy atom. The smallest absolute Gasteiger partial charge is 0.338 e. The molecule has 1 rings (SSSR count). The molecule has 98 valence electrons. The lowest BCUT2D eigenvalue weighted by Crippen LogP contribution is -2.13. The summed E-state index contributed by atoms with van der Waals surface area (Å²) in [5.41, 5.74) is 0.457. The molecule has 18 heavy (non-hydrogen) atoms. The standard InChI is InChI=1S/C13H15FO4/c1-3-17-12(15)7-9-5-6-10(14)8-11(9)13(16)18-4-2/h5-6,8H,3-4,7H2,1-2H3. The van der Waals surface area contributed by atoms with E-state index in [-0.39, 0.29) is 25.2 Å². The fourth-order valence-electron chi connectivity index (χ4n) is 1.47. The van der Waals surface area contributed by atoms with Crippen molar-refractivity contribution in [1.29, 1.82) is 0 Å². The van der Waals surface area contributed by atoms with Crippen molar-refractivity contribution in [2.45, 2.75) is 20.3 Å². The normalized spacial score (nSPS) is 9.94. The molecule has 0 unspecified atom stereocenters. The molecule has 4 nitrogen and oxygen atoms in total. The average molecular weight is 254 g/mol. The molecule has 0 fully saturated rings. The summed E-state index contributed by atoms with van der Waals surface area (Å²) in [6.07, 6.45) is -0.0811. The van der Waals surface area contributed by atoms with E-state index in [1.807, 2.05) is 0 Å². The van der Waals surface area contributed by atoms with Crippen LogP contribution in [0.15, 0.2) is 18.2 Å². The first-order chi connectivity index (χ1) is 8.58. The van der Waals surface area contributed by atoms with Crippen LogP contribution in [0.25, 0.3) is 0 Å². The van der Waals surface area contributed by atoms with Gasteiger partial charge in [-0.1, -0.05) is 6.07 Å². The van der Waals surface area contributed by atoms with E-state index in [9.17, 15) is 14.0 Å². The van der Waals surface area contributed by atoms with Gasteiger partial charge in [-0.05, 0) is 31.5 Å². The lowest BCUT2D eigenvalue weighted by Gasteiger charge is -2.08. The van der Waals surface area contributed by atoms with Gasteiger partial charge in [0.1, 0.15) is 5.82 Å². The Bertz CT molecular complexity index is 443. The maximum Gasteiger partial charge on any atom is 0.338 e. The minimum absolute atomic E-state index is 0.0601. The van der Waals surface area contributed by atoms with Crippen LogP contribution >= 0.6 is 0 Å². The van der Waals surface area contributed by atoms with E-state index in [0.29, 0.717) is 5.56 Å². The molecule has 0 N–H and O–H groups in total. The predicted octanol–water partition coefficient (Wildman–Crippen LogP) is 2.11. The fourth-order valence-corrected chi connectivity index (χ4v) is 1.47. The number of halogens is 1. The topological polar surface area (TPSA) is 52.6 Å². The Morgan fingerprint density at radius 2 is 1.83 bits per heavy atom. The number of hydrogen-bond donors (Lipinski definition) is 0. The van der Waals surface area contributed by atoms with Gasteiger partial charge in [0.05, 0.1) is 25.2 Å². The zero-order valence-electron chi connectivity index (χ0n) is 10.4. The van der Waals surface area contributed by atoms with Crippen molar-refractivity contribution in [3.63, 3.8) is 0 Å². The molecule has 0 saturated carbocycles. The molecular weight excluding hydrogens is 239 g/mol. The Labute approximate surface area is 105 Å². The number of carbonyl (C=O) groups is 2. The molecule has 1 aromatic rings. The number of ether oxygens (including phenoxy) is 2. The van der Waals surface area contributed by atoms with Crippen molar-refractivity contribution in [1.82, 2.24) is 0 Å². The highest BCUT2D eigenvalue weighted by molar-refractivity contribution is 5.92. The first kappa shape index (κ1) is 14.2. The molecule has 0 amide bonds. The first-order valence-electron chi connectivity index (χ1n) is 5.69. The van der Waals surface area contributed by atoms with Gasteiger partial charge in [0.2, 0.25) is 0 Å². The maximum absolute atomic E-state index is 13.1. The molecule has 1 aromatic carbocycles. The number of carbonyl (C=O) groups excluding carboxylic acids is 2. The van der Waals surface area contributed by atoms with E-state index in [2.05, 4.69) is 0 Å². The summed E-state index contributed by atoms with van der Waals surface area (Å²) in [5, 5.41) is 0. The number of esters is 2. The van der Waals surface area contributed by atoms with Crippen molar-refractivity contribution in [2.24, 2.45) is 0 Å². The summed E-state index contributed by atoms with van der Waals surface area (Å²) in [5.74, 6) is -1.66. The summed E-state index contributed by atoms with van der Waals surface area (Å²) in [7, 11) is 0. The molecule has 0 aliphatic heterocycles. The third-order valence-electron chi connectivity index (χ3n) is 2.21. The van der Waals surface area contributed by atoms with Gasteiger partial charge >= 0.3 is 11.9 Å². The Hall–Kier alpha value is -1.91. The number of rotatable bonds is 5. The largest absolute Gasteiger partial charge is 0.466 e. The predicted molar refractivity (Wildman–Crippen MR) is 62.7 cm³/mol. The second-order valence-corrected chi connectivity index (χ2v) is 3.50. The van der Waals surface area contributed by atoms with Crippen LogP contribution < -0.4 is 0 Å². The number of benzene rings is 1. The highest BCUT2D eigenvalue weighted by atomic mass is 19.1. The Balaban J connectivity index is 2.96. The molecule has 0 aliphatic carbocycles. The summed E-state index contributed by atoms with van der Waals surface area (Å²) in [4.78, 5) is 23.0. The van der Waals surface area contributed by atoms with E-state index >= 15 is 0 Å². The molecule has 0 spiro atoms. The summed E-state index contributed by atoms with van der Waals surface area (Å²) >= 11 is 0. The van der Waals surface area contributed by atoms with Crippen LogP contribution in [-0.4, -0.2) is 25.2 Å². The average Bonchev–Trinajstić information content (AvgIpc) is 2.32. The lowest BCUT2D eigenvalue weighted by atomic mass is 10.0. The third-order valence-corrected chi connectivity index (χ3v) is 2.21. The third kappa shape index (κ3) is 3.84. The molecule has 0 bridgehead atoms. The van der Waals surface area contributed by atoms with E-state index in [0.717, 1.165) is 6.07 Å². The Morgan fingerprint density at radius 1 is 1.17 bits per heavy atom. The van der Waals surface area contributed by atoms with E-state index in [1.54, 1.807) is 13.8 Å². The summed E-state index contributed by atoms with van der Waals surface area (Å²) in [6, 6.07) is 3.64. The van der Waals surface area contributed by atoms with Crippen molar-refractivity contribution in [3.8, 4) is 0 Å². The zero-order chi connectivity index (χ0) is 13.5. The van der Waals surface area contributed by atoms with Crippen LogP contribution in [0.5, 0.6) is 0 Å². The van der Waals surface area contributed by atoms with Gasteiger partial charge in [0.25, 0.3) is 0 Å². The van der Waals surface area contributed by atoms with Crippen molar-refractivity contribution >= 4 is 11.9 Å². The molecule has 0 atom stereocenters. The van der Waals surface area contributed by atoms with Crippen LogP contribution in [0.4, 0.5) is 4.39 Å². The van der Waals surface area contributed by atoms with Gasteiger partial charge in [-0.15, -0.1) is 0 Å². The van der Waals surface area contributed by atoms with E-state index in [4.69, 9.17) is 9.47 Å². The minimum Gasteiger partial charge on any atom is -0.466 e. The van der Waals surface area contributed by atoms with Crippen molar-refractivity contribution in [3.05, 3.63) is 35.1 Å². The summed E-state index contributed by atoms with van der Waals surface area (Å²) in [6.45, 7) is 3.79. The minimum atomic E-state index is -0.642. The molecule has 5 heteroatoms. The Kier molecular flexibility index (Phi) is 5.30. The molecule has 0 radical (unpaired) electrons. The van der Waals surface area contributed by atoms with Crippen LogP contribution in [0.1, 0.15) is 29.8 Å². The molecule has 0 heterocycles. The first-order valence-corrected chi connectivity index (χ1v) is 5.69. The fraction of sp³-hybridized carbons (Fsp3) is 0.385. The van der Waals surface area contributed by atoms with Crippen LogP contribution in [0.3, 0.4) is 0 Å². The van der Waals surface area contributed by atoms with Gasteiger partial charge in [0, 0.05) is 0 Å². The zero-order valence-corrected chi connectivity index (χ0v) is 10.4. The van der Waals surface area contributed by atoms with Gasteiger partial charge in [0.15, 0.2) is 0 Å². The quantitative estimate of drug-likeness (QED) is 0.755. The van der Waals surface area contributed by atoms with Gasteiger partial charge < -0.3 is 9.47 Å². The highest BCUT2D eigenvalue weighted by Crippen LogP contribution is 2.14. The SMILES string of the molecule is CCOC(=O)Cc1ccc(F)cc1C(=O)OCC. The van der Waals surface area contributed by atoms with Crippen molar-refractivity contribution in [2.75, 3.05) is 13.2 Å². The van der Waals surface area contributed by atoms with E-state index < -0.39 is 17.8 Å². The summed E-state index contributed by atoms with van der Waals surface area (Å²) < 4.78 is 22.7. The molecule has 0 aliphatic rings. The molecule has 0 aromatic heterocycles. The van der Waals surface area contributed by atoms with Gasteiger partial charge in [-0.2, -0.15) is 0 Å². The van der Waals surface area contributed by atoms with E-state index in [1.165, 1.54) is 12.1 Å².